The summed E-state index contributed by atoms with van der Waals surface area (Å²) in [5.41, 5.74) is 0.867. The highest BCUT2D eigenvalue weighted by atomic mass is 35.7. The fraction of sp³-hybridized carbons (Fsp3) is 0.533. The third kappa shape index (κ3) is 3.72. The van der Waals surface area contributed by atoms with E-state index >= 15 is 0 Å². The second kappa shape index (κ2) is 6.97. The SMILES string of the molecule is CCC(c1ccc(OC)c(OC)c1)N1CC(S(=O)(=O)Cl)CC1=O. The highest BCUT2D eigenvalue weighted by Gasteiger charge is 2.40. The largest absolute Gasteiger partial charge is 0.493 e. The van der Waals surface area contributed by atoms with Crippen LogP contribution in [0.15, 0.2) is 18.2 Å². The molecule has 0 radical (unpaired) electrons. The Morgan fingerprint density at radius 3 is 2.43 bits per heavy atom. The molecule has 0 aliphatic carbocycles. The van der Waals surface area contributed by atoms with Crippen LogP contribution < -0.4 is 9.47 Å². The molecule has 1 amide bonds. The Hall–Kier alpha value is -1.47. The predicted octanol–water partition coefficient (Wildman–Crippen LogP) is 2.32. The number of methoxy groups -OCH3 is 2. The summed E-state index contributed by atoms with van der Waals surface area (Å²) >= 11 is 0. The van der Waals surface area contributed by atoms with Crippen LogP contribution >= 0.6 is 10.7 Å². The molecule has 6 nitrogen and oxygen atoms in total. The summed E-state index contributed by atoms with van der Waals surface area (Å²) in [6, 6.07) is 5.20. The standard InChI is InChI=1S/C15H20ClNO5S/c1-4-12(10-5-6-13(21-2)14(7-10)22-3)17-9-11(8-15(17)18)23(16,19)20/h5-7,11-12H,4,8-9H2,1-3H3. The number of carbonyl (C=O) groups is 1. The van der Waals surface area contributed by atoms with Gasteiger partial charge >= 0.3 is 0 Å². The molecule has 0 N–H and O–H groups in total. The van der Waals surface area contributed by atoms with Gasteiger partial charge in [-0.25, -0.2) is 8.42 Å². The third-order valence-electron chi connectivity index (χ3n) is 4.08. The van der Waals surface area contributed by atoms with Crippen LogP contribution in [0.3, 0.4) is 0 Å². The lowest BCUT2D eigenvalue weighted by Crippen LogP contribution is -2.31. The van der Waals surface area contributed by atoms with E-state index in [2.05, 4.69) is 0 Å². The summed E-state index contributed by atoms with van der Waals surface area (Å²) in [7, 11) is 4.75. The van der Waals surface area contributed by atoms with Gasteiger partial charge in [0.05, 0.1) is 20.3 Å². The van der Waals surface area contributed by atoms with E-state index in [1.54, 1.807) is 25.2 Å². The van der Waals surface area contributed by atoms with Crippen molar-refractivity contribution in [1.82, 2.24) is 4.90 Å². The van der Waals surface area contributed by atoms with Crippen molar-refractivity contribution >= 4 is 25.6 Å². The maximum Gasteiger partial charge on any atom is 0.237 e. The molecule has 1 aliphatic rings. The molecule has 1 fully saturated rings. The molecule has 0 aromatic heterocycles. The molecule has 2 unspecified atom stereocenters. The zero-order chi connectivity index (χ0) is 17.2. The predicted molar refractivity (Wildman–Crippen MR) is 87.5 cm³/mol. The van der Waals surface area contributed by atoms with Crippen LogP contribution in [0.2, 0.25) is 0 Å². The highest BCUT2D eigenvalue weighted by molar-refractivity contribution is 8.14. The Labute approximate surface area is 140 Å². The first kappa shape index (κ1) is 17.9. The van der Waals surface area contributed by atoms with Crippen LogP contribution in [0.25, 0.3) is 0 Å². The van der Waals surface area contributed by atoms with Gasteiger partial charge in [0.15, 0.2) is 11.5 Å². The Balaban J connectivity index is 2.32. The number of ether oxygens (including phenoxy) is 2. The minimum absolute atomic E-state index is 0.0738. The van der Waals surface area contributed by atoms with Gasteiger partial charge in [0.1, 0.15) is 5.25 Å². The fourth-order valence-electron chi connectivity index (χ4n) is 2.88. The first-order valence-corrected chi connectivity index (χ1v) is 9.63. The van der Waals surface area contributed by atoms with Crippen LogP contribution in [0, 0.1) is 0 Å². The van der Waals surface area contributed by atoms with Gasteiger partial charge in [-0.2, -0.15) is 0 Å². The summed E-state index contributed by atoms with van der Waals surface area (Å²) in [5.74, 6) is 0.956. The Bertz CT molecular complexity index is 691. The molecule has 0 spiro atoms. The van der Waals surface area contributed by atoms with E-state index < -0.39 is 14.3 Å². The first-order chi connectivity index (χ1) is 10.8. The first-order valence-electron chi connectivity index (χ1n) is 7.26. The number of carbonyl (C=O) groups excluding carboxylic acids is 1. The van der Waals surface area contributed by atoms with Crippen molar-refractivity contribution in [3.05, 3.63) is 23.8 Å². The van der Waals surface area contributed by atoms with E-state index in [4.69, 9.17) is 20.2 Å². The van der Waals surface area contributed by atoms with Gasteiger partial charge in [-0.15, -0.1) is 0 Å². The van der Waals surface area contributed by atoms with E-state index in [0.29, 0.717) is 17.9 Å². The number of benzene rings is 1. The minimum Gasteiger partial charge on any atom is -0.493 e. The van der Waals surface area contributed by atoms with Gasteiger partial charge in [-0.05, 0) is 24.1 Å². The van der Waals surface area contributed by atoms with Crippen LogP contribution in [-0.4, -0.2) is 45.2 Å². The minimum atomic E-state index is -3.75. The molecule has 0 bridgehead atoms. The zero-order valence-corrected chi connectivity index (χ0v) is 14.9. The van der Waals surface area contributed by atoms with E-state index in [1.807, 2.05) is 19.1 Å². The maximum absolute atomic E-state index is 12.2. The van der Waals surface area contributed by atoms with E-state index in [-0.39, 0.29) is 24.9 Å². The highest BCUT2D eigenvalue weighted by Crippen LogP contribution is 2.36. The second-order valence-corrected chi connectivity index (χ2v) is 8.29. The lowest BCUT2D eigenvalue weighted by Gasteiger charge is -2.28. The molecule has 1 heterocycles. The molecule has 0 saturated carbocycles. The van der Waals surface area contributed by atoms with E-state index in [9.17, 15) is 13.2 Å². The Morgan fingerprint density at radius 1 is 1.30 bits per heavy atom. The molecule has 1 saturated heterocycles. The van der Waals surface area contributed by atoms with Crippen molar-refractivity contribution in [2.75, 3.05) is 20.8 Å². The second-order valence-electron chi connectivity index (χ2n) is 5.39. The number of likely N-dealkylation sites (tertiary alicyclic amines) is 1. The molecule has 1 aromatic carbocycles. The summed E-state index contributed by atoms with van der Waals surface area (Å²) in [6.45, 7) is 2.05. The van der Waals surface area contributed by atoms with Crippen LogP contribution in [0.5, 0.6) is 11.5 Å². The van der Waals surface area contributed by atoms with Gasteiger partial charge in [0.25, 0.3) is 0 Å². The quantitative estimate of drug-likeness (QED) is 0.727. The van der Waals surface area contributed by atoms with Crippen molar-refractivity contribution < 1.29 is 22.7 Å². The number of hydrogen-bond acceptors (Lipinski definition) is 5. The lowest BCUT2D eigenvalue weighted by atomic mass is 10.0. The molecule has 1 aromatic rings. The van der Waals surface area contributed by atoms with Crippen molar-refractivity contribution in [3.63, 3.8) is 0 Å². The molecule has 2 rings (SSSR count). The molecule has 1 aliphatic heterocycles. The average Bonchev–Trinajstić information content (AvgIpc) is 2.90. The van der Waals surface area contributed by atoms with Gasteiger partial charge in [0, 0.05) is 23.6 Å². The van der Waals surface area contributed by atoms with Crippen LogP contribution in [0.1, 0.15) is 31.4 Å². The number of hydrogen-bond donors (Lipinski definition) is 0. The molecular formula is C15H20ClNO5S. The zero-order valence-electron chi connectivity index (χ0n) is 13.3. The van der Waals surface area contributed by atoms with E-state index in [1.165, 1.54) is 0 Å². The maximum atomic E-state index is 12.2. The third-order valence-corrected chi connectivity index (χ3v) is 5.94. The smallest absolute Gasteiger partial charge is 0.237 e. The van der Waals surface area contributed by atoms with Crippen molar-refractivity contribution in [2.45, 2.75) is 31.1 Å². The summed E-state index contributed by atoms with van der Waals surface area (Å²) in [6.07, 6.45) is 0.575. The molecule has 23 heavy (non-hydrogen) atoms. The molecule has 8 heteroatoms. The molecule has 128 valence electrons. The fourth-order valence-corrected chi connectivity index (χ4v) is 3.92. The number of amides is 1. The molecular weight excluding hydrogens is 342 g/mol. The summed E-state index contributed by atoms with van der Waals surface area (Å²) < 4.78 is 33.5. The van der Waals surface area contributed by atoms with Crippen LogP contribution in [0.4, 0.5) is 0 Å². The number of nitrogens with zero attached hydrogens (tertiary/aromatic N) is 1. The number of halogens is 1. The Kier molecular flexibility index (Phi) is 5.41. The summed E-state index contributed by atoms with van der Waals surface area (Å²) in [5, 5.41) is -0.856. The average molecular weight is 362 g/mol. The van der Waals surface area contributed by atoms with Gasteiger partial charge in [-0.1, -0.05) is 13.0 Å². The van der Waals surface area contributed by atoms with Crippen molar-refractivity contribution in [2.24, 2.45) is 0 Å². The summed E-state index contributed by atoms with van der Waals surface area (Å²) in [4.78, 5) is 13.8. The Morgan fingerprint density at radius 2 is 1.96 bits per heavy atom. The van der Waals surface area contributed by atoms with Gasteiger partial charge < -0.3 is 14.4 Å². The van der Waals surface area contributed by atoms with Gasteiger partial charge in [-0.3, -0.25) is 4.79 Å². The number of rotatable bonds is 6. The van der Waals surface area contributed by atoms with Crippen molar-refractivity contribution in [1.29, 1.82) is 0 Å². The van der Waals surface area contributed by atoms with E-state index in [0.717, 1.165) is 5.56 Å². The topological polar surface area (TPSA) is 72.9 Å². The van der Waals surface area contributed by atoms with Gasteiger partial charge in [0.2, 0.25) is 15.0 Å². The molecule has 2 atom stereocenters. The monoisotopic (exact) mass is 361 g/mol. The van der Waals surface area contributed by atoms with Crippen molar-refractivity contribution in [3.8, 4) is 11.5 Å². The van der Waals surface area contributed by atoms with Crippen LogP contribution in [-0.2, 0) is 13.8 Å². The lowest BCUT2D eigenvalue weighted by molar-refractivity contribution is -0.129. The normalized spacial score (nSPS) is 19.7.